The zero-order valence-electron chi connectivity index (χ0n) is 23.8. The second-order valence-electron chi connectivity index (χ2n) is 11.0. The van der Waals surface area contributed by atoms with Crippen LogP contribution in [-0.4, -0.2) is 74.6 Å². The number of alkyl halides is 3. The first-order valence-electron chi connectivity index (χ1n) is 13.8. The molecule has 2 aromatic rings. The maximum atomic E-state index is 13.7. The highest BCUT2D eigenvalue weighted by Gasteiger charge is 2.40. The van der Waals surface area contributed by atoms with Crippen molar-refractivity contribution in [3.8, 4) is 5.75 Å². The lowest BCUT2D eigenvalue weighted by atomic mass is 9.83. The monoisotopic (exact) mass is 632 g/mol. The Kier molecular flexibility index (Phi) is 9.83. The van der Waals surface area contributed by atoms with Crippen LogP contribution in [0.1, 0.15) is 54.4 Å². The predicted molar refractivity (Wildman–Crippen MR) is 151 cm³/mol. The van der Waals surface area contributed by atoms with Gasteiger partial charge in [0.2, 0.25) is 15.9 Å². The molecule has 13 heteroatoms. The Bertz CT molecular complexity index is 1390. The first-order valence-corrected chi connectivity index (χ1v) is 15.6. The number of piperidine rings is 2. The minimum Gasteiger partial charge on any atom is -0.497 e. The molecular formula is C29H36ClF3N2O6S. The van der Waals surface area contributed by atoms with Gasteiger partial charge in [-0.2, -0.15) is 17.5 Å². The Morgan fingerprint density at radius 2 is 1.74 bits per heavy atom. The van der Waals surface area contributed by atoms with Crippen LogP contribution in [-0.2, 0) is 31.3 Å². The van der Waals surface area contributed by atoms with E-state index in [1.807, 2.05) is 0 Å². The molecule has 2 fully saturated rings. The predicted octanol–water partition coefficient (Wildman–Crippen LogP) is 5.05. The Labute approximate surface area is 249 Å². The Morgan fingerprint density at radius 3 is 2.33 bits per heavy atom. The summed E-state index contributed by atoms with van der Waals surface area (Å²) < 4.78 is 79.8. The van der Waals surface area contributed by atoms with Gasteiger partial charge >= 0.3 is 6.18 Å². The van der Waals surface area contributed by atoms with Crippen molar-refractivity contribution in [1.29, 1.82) is 0 Å². The van der Waals surface area contributed by atoms with E-state index >= 15 is 0 Å². The number of aliphatic hydroxyl groups is 1. The van der Waals surface area contributed by atoms with Gasteiger partial charge in [0.15, 0.2) is 0 Å². The van der Waals surface area contributed by atoms with Crippen LogP contribution in [0.5, 0.6) is 5.75 Å². The largest absolute Gasteiger partial charge is 0.497 e. The first kappa shape index (κ1) is 32.5. The fraction of sp³-hybridized carbons (Fsp3) is 0.552. The fourth-order valence-electron chi connectivity index (χ4n) is 5.83. The van der Waals surface area contributed by atoms with Gasteiger partial charge in [0, 0.05) is 25.7 Å². The molecule has 0 bridgehead atoms. The van der Waals surface area contributed by atoms with E-state index in [0.29, 0.717) is 29.8 Å². The normalized spacial score (nSPS) is 20.0. The molecule has 0 saturated carbocycles. The highest BCUT2D eigenvalue weighted by Crippen LogP contribution is 2.40. The molecule has 1 unspecified atom stereocenters. The van der Waals surface area contributed by atoms with Gasteiger partial charge < -0.3 is 19.5 Å². The van der Waals surface area contributed by atoms with Gasteiger partial charge in [-0.15, -0.1) is 0 Å². The lowest BCUT2D eigenvalue weighted by molar-refractivity contribution is -0.141. The van der Waals surface area contributed by atoms with Gasteiger partial charge in [-0.25, -0.2) is 8.42 Å². The third-order valence-electron chi connectivity index (χ3n) is 8.10. The van der Waals surface area contributed by atoms with Crippen molar-refractivity contribution < 1.29 is 41.0 Å². The van der Waals surface area contributed by atoms with E-state index in [-0.39, 0.29) is 55.5 Å². The second-order valence-corrected chi connectivity index (χ2v) is 13.2. The third-order valence-corrected chi connectivity index (χ3v) is 10.7. The first-order chi connectivity index (χ1) is 19.7. The summed E-state index contributed by atoms with van der Waals surface area (Å²) in [6.07, 6.45) is -2.41. The molecule has 2 saturated heterocycles. The number of methoxy groups -OCH3 is 1. The van der Waals surface area contributed by atoms with Crippen molar-refractivity contribution in [3.63, 3.8) is 0 Å². The van der Waals surface area contributed by atoms with Gasteiger partial charge in [-0.05, 0) is 80.5 Å². The smallest absolute Gasteiger partial charge is 0.417 e. The van der Waals surface area contributed by atoms with Crippen LogP contribution in [0.15, 0.2) is 35.2 Å². The van der Waals surface area contributed by atoms with Crippen LogP contribution in [0.3, 0.4) is 0 Å². The molecule has 232 valence electrons. The Balaban J connectivity index is 1.36. The summed E-state index contributed by atoms with van der Waals surface area (Å²) in [7, 11) is -2.30. The molecule has 8 nitrogen and oxygen atoms in total. The number of ether oxygens (including phenoxy) is 2. The van der Waals surface area contributed by atoms with Crippen molar-refractivity contribution in [3.05, 3.63) is 57.6 Å². The molecule has 0 aromatic heterocycles. The molecule has 0 radical (unpaired) electrons. The van der Waals surface area contributed by atoms with E-state index in [1.54, 1.807) is 26.0 Å². The van der Waals surface area contributed by atoms with Crippen molar-refractivity contribution in [2.45, 2.75) is 68.7 Å². The fourth-order valence-corrected chi connectivity index (χ4v) is 8.15. The molecule has 1 amide bonds. The van der Waals surface area contributed by atoms with E-state index in [4.69, 9.17) is 21.1 Å². The number of carbonyl (C=O) groups excluding carboxylic acids is 1. The van der Waals surface area contributed by atoms with Crippen molar-refractivity contribution in [2.24, 2.45) is 0 Å². The molecule has 2 heterocycles. The van der Waals surface area contributed by atoms with Crippen LogP contribution in [0.25, 0.3) is 0 Å². The topological polar surface area (TPSA) is 96.4 Å². The number of carbonyl (C=O) groups is 1. The molecule has 2 aliphatic rings. The van der Waals surface area contributed by atoms with Crippen LogP contribution in [0, 0.1) is 13.8 Å². The summed E-state index contributed by atoms with van der Waals surface area (Å²) in [5, 5.41) is 10.6. The van der Waals surface area contributed by atoms with Crippen molar-refractivity contribution in [1.82, 2.24) is 9.21 Å². The maximum Gasteiger partial charge on any atom is 0.417 e. The molecular weight excluding hydrogens is 597 g/mol. The summed E-state index contributed by atoms with van der Waals surface area (Å²) in [5.41, 5.74) is -1.27. The van der Waals surface area contributed by atoms with Crippen LogP contribution >= 0.6 is 11.6 Å². The van der Waals surface area contributed by atoms with Gasteiger partial charge in [0.1, 0.15) is 12.4 Å². The summed E-state index contributed by atoms with van der Waals surface area (Å²) in [5.74, 6) is 0.243. The van der Waals surface area contributed by atoms with Crippen LogP contribution in [0.2, 0.25) is 5.02 Å². The average Bonchev–Trinajstić information content (AvgIpc) is 2.92. The average molecular weight is 633 g/mol. The molecule has 42 heavy (non-hydrogen) atoms. The molecule has 2 aliphatic heterocycles. The van der Waals surface area contributed by atoms with Gasteiger partial charge in [-0.1, -0.05) is 24.1 Å². The number of nitrogens with zero attached hydrogens (tertiary/aromatic N) is 2. The zero-order chi connectivity index (χ0) is 30.9. The number of hydrogen-bond donors (Lipinski definition) is 1. The number of sulfonamides is 1. The van der Waals surface area contributed by atoms with Gasteiger partial charge in [-0.3, -0.25) is 4.79 Å². The molecule has 2 aromatic carbocycles. The second kappa shape index (κ2) is 12.7. The van der Waals surface area contributed by atoms with E-state index in [9.17, 15) is 31.5 Å². The quantitative estimate of drug-likeness (QED) is 0.438. The Morgan fingerprint density at radius 1 is 1.10 bits per heavy atom. The van der Waals surface area contributed by atoms with Crippen molar-refractivity contribution in [2.75, 3.05) is 40.0 Å². The lowest BCUT2D eigenvalue weighted by Gasteiger charge is -2.39. The number of likely N-dealkylation sites (tertiary alicyclic amines) is 1. The lowest BCUT2D eigenvalue weighted by Crippen LogP contribution is -2.48. The van der Waals surface area contributed by atoms with Gasteiger partial charge in [0.25, 0.3) is 0 Å². The van der Waals surface area contributed by atoms with Crippen LogP contribution < -0.4 is 4.74 Å². The van der Waals surface area contributed by atoms with E-state index in [1.165, 1.54) is 22.4 Å². The van der Waals surface area contributed by atoms with Gasteiger partial charge in [0.05, 0.1) is 34.8 Å². The third kappa shape index (κ3) is 6.88. The molecule has 4 rings (SSSR count). The summed E-state index contributed by atoms with van der Waals surface area (Å²) in [6, 6.07) is 6.30. The Hall–Kier alpha value is -2.38. The summed E-state index contributed by atoms with van der Waals surface area (Å²) in [4.78, 5) is 14.6. The minimum atomic E-state index is -4.66. The number of rotatable bonds is 8. The highest BCUT2D eigenvalue weighted by atomic mass is 35.5. The molecule has 0 spiro atoms. The van der Waals surface area contributed by atoms with Crippen molar-refractivity contribution >= 4 is 27.5 Å². The maximum absolute atomic E-state index is 13.7. The summed E-state index contributed by atoms with van der Waals surface area (Å²) >= 11 is 5.72. The SMILES string of the molecule is COc1cc(C)c(S(=O)(=O)N2CCCCC2COCC(=O)N2CCC(O)(c3ccc(Cl)c(C(F)(F)F)c3)CC2)c(C)c1. The minimum absolute atomic E-state index is 0.0436. The molecule has 0 aliphatic carbocycles. The van der Waals surface area contributed by atoms with E-state index in [2.05, 4.69) is 0 Å². The molecule has 1 atom stereocenters. The highest BCUT2D eigenvalue weighted by molar-refractivity contribution is 7.89. The number of hydrogen-bond acceptors (Lipinski definition) is 6. The zero-order valence-corrected chi connectivity index (χ0v) is 25.4. The molecule has 1 N–H and O–H groups in total. The number of amides is 1. The number of halogens is 4. The summed E-state index contributed by atoms with van der Waals surface area (Å²) in [6.45, 7) is 3.84. The van der Waals surface area contributed by atoms with Crippen LogP contribution in [0.4, 0.5) is 13.2 Å². The number of aryl methyl sites for hydroxylation is 2. The van der Waals surface area contributed by atoms with E-state index in [0.717, 1.165) is 25.0 Å². The standard InChI is InChI=1S/C29H36ClF3N2O6S/c1-19-14-23(40-3)15-20(2)27(19)42(38,39)35-11-5-4-6-22(35)17-41-18-26(36)34-12-9-28(37,10-13-34)21-7-8-25(30)24(16-21)29(31,32)33/h7-8,14-16,22,37H,4-6,9-13,17-18H2,1-3H3. The number of benzene rings is 2. The van der Waals surface area contributed by atoms with E-state index < -0.39 is 38.4 Å².